The van der Waals surface area contributed by atoms with Gasteiger partial charge in [-0.25, -0.2) is 0 Å². The lowest BCUT2D eigenvalue weighted by molar-refractivity contribution is 0.616. The van der Waals surface area contributed by atoms with E-state index < -0.39 is 0 Å². The molecule has 0 saturated carbocycles. The van der Waals surface area contributed by atoms with Gasteiger partial charge in [0.25, 0.3) is 0 Å². The minimum atomic E-state index is 0.551. The number of tetrazole rings is 1. The molecule has 5 nitrogen and oxygen atoms in total. The third-order valence-electron chi connectivity index (χ3n) is 2.07. The molecule has 0 aliphatic carbocycles. The standard InChI is InChI=1S/C9H6N4O/c1-2-4-8-6(3-1)7(5-14-8)9-10-12-13-11-9/h1-5H,(H,10,11,12,13). The maximum absolute atomic E-state index is 5.35. The predicted molar refractivity (Wildman–Crippen MR) is 49.4 cm³/mol. The summed E-state index contributed by atoms with van der Waals surface area (Å²) in [5.41, 5.74) is 1.68. The van der Waals surface area contributed by atoms with Crippen LogP contribution in [0, 0.1) is 0 Å². The Labute approximate surface area is 78.7 Å². The Morgan fingerprint density at radius 3 is 3.00 bits per heavy atom. The van der Waals surface area contributed by atoms with Crippen LogP contribution in [-0.4, -0.2) is 20.6 Å². The number of aromatic amines is 1. The number of nitrogens with one attached hydrogen (secondary N) is 1. The van der Waals surface area contributed by atoms with Gasteiger partial charge in [0, 0.05) is 5.39 Å². The van der Waals surface area contributed by atoms with Crippen molar-refractivity contribution in [3.05, 3.63) is 30.5 Å². The number of H-pyrrole nitrogens is 1. The number of aromatic nitrogens is 4. The first-order valence-electron chi connectivity index (χ1n) is 4.15. The maximum Gasteiger partial charge on any atom is 0.208 e. The zero-order valence-corrected chi connectivity index (χ0v) is 7.14. The van der Waals surface area contributed by atoms with Gasteiger partial charge in [-0.3, -0.25) is 0 Å². The Morgan fingerprint density at radius 2 is 2.14 bits per heavy atom. The minimum absolute atomic E-state index is 0.551. The number of rotatable bonds is 1. The van der Waals surface area contributed by atoms with Crippen molar-refractivity contribution in [3.8, 4) is 11.4 Å². The van der Waals surface area contributed by atoms with Crippen LogP contribution in [0.15, 0.2) is 34.9 Å². The highest BCUT2D eigenvalue weighted by atomic mass is 16.3. The molecule has 0 saturated heterocycles. The van der Waals surface area contributed by atoms with Gasteiger partial charge < -0.3 is 4.42 Å². The number of para-hydroxylation sites is 1. The van der Waals surface area contributed by atoms with E-state index >= 15 is 0 Å². The average molecular weight is 186 g/mol. The van der Waals surface area contributed by atoms with Crippen LogP contribution in [0.3, 0.4) is 0 Å². The first-order valence-corrected chi connectivity index (χ1v) is 4.15. The van der Waals surface area contributed by atoms with Crippen molar-refractivity contribution >= 4 is 11.0 Å². The van der Waals surface area contributed by atoms with Crippen molar-refractivity contribution in [1.82, 2.24) is 20.6 Å². The Kier molecular flexibility index (Phi) is 1.38. The van der Waals surface area contributed by atoms with E-state index in [4.69, 9.17) is 4.42 Å². The monoisotopic (exact) mass is 186 g/mol. The number of furan rings is 1. The molecule has 2 heterocycles. The fourth-order valence-corrected chi connectivity index (χ4v) is 1.43. The van der Waals surface area contributed by atoms with Crippen molar-refractivity contribution in [2.45, 2.75) is 0 Å². The van der Waals surface area contributed by atoms with Gasteiger partial charge in [-0.1, -0.05) is 18.2 Å². The molecule has 2 aromatic heterocycles. The summed E-state index contributed by atoms with van der Waals surface area (Å²) in [6.07, 6.45) is 1.63. The summed E-state index contributed by atoms with van der Waals surface area (Å²) in [5.74, 6) is 0.551. The molecule has 0 unspecified atom stereocenters. The van der Waals surface area contributed by atoms with Gasteiger partial charge in [0.15, 0.2) is 0 Å². The number of nitrogens with zero attached hydrogens (tertiary/aromatic N) is 3. The molecule has 0 spiro atoms. The molecule has 0 aliphatic rings. The van der Waals surface area contributed by atoms with Crippen LogP contribution in [0.4, 0.5) is 0 Å². The molecular weight excluding hydrogens is 180 g/mol. The van der Waals surface area contributed by atoms with E-state index in [0.29, 0.717) is 5.82 Å². The molecule has 3 aromatic rings. The molecule has 0 bridgehead atoms. The molecule has 0 atom stereocenters. The Bertz CT molecular complexity index is 555. The van der Waals surface area contributed by atoms with E-state index in [-0.39, 0.29) is 0 Å². The normalized spacial score (nSPS) is 10.9. The lowest BCUT2D eigenvalue weighted by atomic mass is 10.2. The molecule has 0 aliphatic heterocycles. The first kappa shape index (κ1) is 7.25. The summed E-state index contributed by atoms with van der Waals surface area (Å²) in [5, 5.41) is 14.7. The number of hydrogen-bond donors (Lipinski definition) is 1. The second-order valence-electron chi connectivity index (χ2n) is 2.88. The van der Waals surface area contributed by atoms with E-state index in [1.165, 1.54) is 0 Å². The summed E-state index contributed by atoms with van der Waals surface area (Å²) in [4.78, 5) is 0. The topological polar surface area (TPSA) is 67.6 Å². The molecule has 5 heteroatoms. The van der Waals surface area contributed by atoms with Crippen LogP contribution in [-0.2, 0) is 0 Å². The zero-order valence-electron chi connectivity index (χ0n) is 7.14. The van der Waals surface area contributed by atoms with E-state index in [1.807, 2.05) is 24.3 Å². The highest BCUT2D eigenvalue weighted by Crippen LogP contribution is 2.26. The largest absolute Gasteiger partial charge is 0.464 e. The molecule has 0 amide bonds. The highest BCUT2D eigenvalue weighted by molar-refractivity contribution is 5.91. The van der Waals surface area contributed by atoms with Crippen LogP contribution >= 0.6 is 0 Å². The SMILES string of the molecule is c1ccc2c(-c3nn[nH]n3)coc2c1. The van der Waals surface area contributed by atoms with Crippen LogP contribution in [0.1, 0.15) is 0 Å². The highest BCUT2D eigenvalue weighted by Gasteiger charge is 2.10. The van der Waals surface area contributed by atoms with E-state index in [9.17, 15) is 0 Å². The van der Waals surface area contributed by atoms with Crippen molar-refractivity contribution in [3.63, 3.8) is 0 Å². The number of benzene rings is 1. The van der Waals surface area contributed by atoms with Crippen molar-refractivity contribution in [2.24, 2.45) is 0 Å². The van der Waals surface area contributed by atoms with Crippen LogP contribution in [0.5, 0.6) is 0 Å². The predicted octanol–water partition coefficient (Wildman–Crippen LogP) is 1.61. The maximum atomic E-state index is 5.35. The lowest BCUT2D eigenvalue weighted by Gasteiger charge is -1.88. The third kappa shape index (κ3) is 0.922. The summed E-state index contributed by atoms with van der Waals surface area (Å²) in [6, 6.07) is 7.73. The molecule has 1 N–H and O–H groups in total. The van der Waals surface area contributed by atoms with Gasteiger partial charge in [-0.2, -0.15) is 5.21 Å². The molecule has 3 rings (SSSR count). The molecule has 14 heavy (non-hydrogen) atoms. The molecule has 0 fully saturated rings. The molecule has 68 valence electrons. The summed E-state index contributed by atoms with van der Waals surface area (Å²) >= 11 is 0. The Balaban J connectivity index is 2.33. The van der Waals surface area contributed by atoms with Gasteiger partial charge in [0.2, 0.25) is 5.82 Å². The Morgan fingerprint density at radius 1 is 1.21 bits per heavy atom. The smallest absolute Gasteiger partial charge is 0.208 e. The Hall–Kier alpha value is -2.17. The number of hydrogen-bond acceptors (Lipinski definition) is 4. The fourth-order valence-electron chi connectivity index (χ4n) is 1.43. The van der Waals surface area contributed by atoms with Crippen molar-refractivity contribution < 1.29 is 4.42 Å². The second kappa shape index (κ2) is 2.66. The average Bonchev–Trinajstić information content (AvgIpc) is 2.85. The third-order valence-corrected chi connectivity index (χ3v) is 2.07. The molecular formula is C9H6N4O. The van der Waals surface area contributed by atoms with Gasteiger partial charge in [0.05, 0.1) is 5.56 Å². The van der Waals surface area contributed by atoms with Gasteiger partial charge in [-0.15, -0.1) is 10.2 Å². The van der Waals surface area contributed by atoms with E-state index in [0.717, 1.165) is 16.5 Å². The summed E-state index contributed by atoms with van der Waals surface area (Å²) < 4.78 is 5.35. The first-order chi connectivity index (χ1) is 6.95. The lowest BCUT2D eigenvalue weighted by Crippen LogP contribution is -1.77. The van der Waals surface area contributed by atoms with E-state index in [2.05, 4.69) is 20.6 Å². The fraction of sp³-hybridized carbons (Fsp3) is 0. The quantitative estimate of drug-likeness (QED) is 0.626. The van der Waals surface area contributed by atoms with E-state index in [1.54, 1.807) is 6.26 Å². The summed E-state index contributed by atoms with van der Waals surface area (Å²) in [7, 11) is 0. The van der Waals surface area contributed by atoms with Crippen molar-refractivity contribution in [2.75, 3.05) is 0 Å². The zero-order chi connectivity index (χ0) is 9.38. The van der Waals surface area contributed by atoms with Gasteiger partial charge in [0.1, 0.15) is 11.8 Å². The molecule has 1 aromatic carbocycles. The number of fused-ring (bicyclic) bond motifs is 1. The minimum Gasteiger partial charge on any atom is -0.464 e. The van der Waals surface area contributed by atoms with Crippen LogP contribution in [0.2, 0.25) is 0 Å². The second-order valence-corrected chi connectivity index (χ2v) is 2.88. The van der Waals surface area contributed by atoms with Crippen LogP contribution < -0.4 is 0 Å². The van der Waals surface area contributed by atoms with Crippen molar-refractivity contribution in [1.29, 1.82) is 0 Å². The van der Waals surface area contributed by atoms with Gasteiger partial charge >= 0.3 is 0 Å². The van der Waals surface area contributed by atoms with Gasteiger partial charge in [-0.05, 0) is 11.3 Å². The van der Waals surface area contributed by atoms with Crippen LogP contribution in [0.25, 0.3) is 22.4 Å². The summed E-state index contributed by atoms with van der Waals surface area (Å²) in [6.45, 7) is 0. The molecule has 0 radical (unpaired) electrons.